The van der Waals surface area contributed by atoms with Gasteiger partial charge in [0.15, 0.2) is 0 Å². The zero-order chi connectivity index (χ0) is 89.5. The monoisotopic (exact) mass is 1790 g/mol. The summed E-state index contributed by atoms with van der Waals surface area (Å²) in [4.78, 5) is 5.22. The van der Waals surface area contributed by atoms with Crippen molar-refractivity contribution in [3.05, 3.63) is 247 Å². The molecule has 0 bridgehead atoms. The Bertz CT molecular complexity index is 6230. The quantitative estimate of drug-likeness (QED) is 0.0379. The molecular formula is C98H123N13O11S4. The van der Waals surface area contributed by atoms with Gasteiger partial charge in [-0.15, -0.1) is 0 Å². The second-order valence-electron chi connectivity index (χ2n) is 34.7. The number of nitrogens with zero attached hydrogens (tertiary/aromatic N) is 13. The minimum atomic E-state index is -3.72. The lowest BCUT2D eigenvalue weighted by atomic mass is 10.0. The number of hydrogen-bond acceptors (Lipinski definition) is 16. The van der Waals surface area contributed by atoms with Gasteiger partial charge in [-0.1, -0.05) is 132 Å². The molecule has 8 aromatic carbocycles. The third-order valence-electron chi connectivity index (χ3n) is 23.3. The molecule has 0 atom stereocenters. The molecule has 5 aromatic heterocycles. The molecule has 28 heteroatoms. The molecule has 13 aromatic rings. The van der Waals surface area contributed by atoms with Crippen molar-refractivity contribution in [1.29, 1.82) is 0 Å². The minimum absolute atomic E-state index is 0.183. The van der Waals surface area contributed by atoms with Crippen LogP contribution >= 0.6 is 0 Å². The van der Waals surface area contributed by atoms with Crippen LogP contribution in [0.25, 0.3) is 43.6 Å². The predicted molar refractivity (Wildman–Crippen MR) is 505 cm³/mol. The van der Waals surface area contributed by atoms with Crippen LogP contribution in [0.1, 0.15) is 149 Å². The van der Waals surface area contributed by atoms with Gasteiger partial charge in [-0.05, 0) is 249 Å². The van der Waals surface area contributed by atoms with Crippen molar-refractivity contribution < 1.29 is 47.9 Å². The molecule has 3 aliphatic rings. The highest BCUT2D eigenvalue weighted by atomic mass is 32.2. The SMILES string of the molecule is CCc1ccc(N(CC(C)C)S(=O)(=O)c2ccc3c(cnn3C3CCOCC3)c2)cc1.CCc1ccc(N(CC(C)C)S(=O)(=O)c2ccc3c(cnn3CC3COC3)c2)cc1.CCc1ccc(N(CC(C)C)S(=O)(=O)c2ccc3c(cnn3Cc3ccncc3)c2)cc1.CCc1ccc(N(CCC(C)C)S(=O)(=O)c2ccc3c(cnn3CC3CCOCC3)c2)cc1. The van der Waals surface area contributed by atoms with Crippen LogP contribution in [0, 0.1) is 35.5 Å². The lowest BCUT2D eigenvalue weighted by Crippen LogP contribution is -2.34. The Kier molecular flexibility index (Phi) is 31.2. The number of aryl methyl sites for hydroxylation is 4. The Morgan fingerprint density at radius 3 is 1.03 bits per heavy atom. The first kappa shape index (κ1) is 93.3. The lowest BCUT2D eigenvalue weighted by molar-refractivity contribution is -0.0403. The maximum atomic E-state index is 13.8. The van der Waals surface area contributed by atoms with Gasteiger partial charge >= 0.3 is 0 Å². The van der Waals surface area contributed by atoms with Crippen molar-refractivity contribution in [3.8, 4) is 0 Å². The smallest absolute Gasteiger partial charge is 0.264 e. The summed E-state index contributed by atoms with van der Waals surface area (Å²) in [5.41, 5.74) is 12.4. The van der Waals surface area contributed by atoms with E-state index in [1.54, 1.807) is 90.0 Å². The molecule has 8 heterocycles. The van der Waals surface area contributed by atoms with E-state index >= 15 is 0 Å². The summed E-state index contributed by atoms with van der Waals surface area (Å²) in [6.45, 7) is 33.3. The zero-order valence-corrected chi connectivity index (χ0v) is 78.1. The summed E-state index contributed by atoms with van der Waals surface area (Å²) in [6.07, 6.45) is 18.9. The molecule has 16 rings (SSSR count). The normalized spacial score (nSPS) is 14.4. The van der Waals surface area contributed by atoms with E-state index in [9.17, 15) is 33.7 Å². The fourth-order valence-corrected chi connectivity index (χ4v) is 22.4. The first-order valence-corrected chi connectivity index (χ1v) is 50.2. The Labute approximate surface area is 745 Å². The van der Waals surface area contributed by atoms with Crippen LogP contribution in [0.4, 0.5) is 22.7 Å². The molecule has 670 valence electrons. The molecule has 3 saturated heterocycles. The van der Waals surface area contributed by atoms with Gasteiger partial charge in [-0.25, -0.2) is 33.7 Å². The number of fused-ring (bicyclic) bond motifs is 4. The van der Waals surface area contributed by atoms with E-state index in [1.807, 2.05) is 194 Å². The number of hydrogen-bond donors (Lipinski definition) is 0. The van der Waals surface area contributed by atoms with E-state index in [4.69, 9.17) is 14.2 Å². The van der Waals surface area contributed by atoms with Gasteiger partial charge in [0.2, 0.25) is 0 Å². The van der Waals surface area contributed by atoms with Gasteiger partial charge in [-0.3, -0.25) is 40.9 Å². The predicted octanol–water partition coefficient (Wildman–Crippen LogP) is 19.1. The maximum Gasteiger partial charge on any atom is 0.264 e. The molecule has 126 heavy (non-hydrogen) atoms. The fourth-order valence-electron chi connectivity index (χ4n) is 15.9. The Morgan fingerprint density at radius 1 is 0.349 bits per heavy atom. The fraction of sp³-hybridized carbons (Fsp3) is 0.418. The van der Waals surface area contributed by atoms with Crippen molar-refractivity contribution in [3.63, 3.8) is 0 Å². The molecular weight excluding hydrogens is 1660 g/mol. The molecule has 0 spiro atoms. The lowest BCUT2D eigenvalue weighted by Gasteiger charge is -2.27. The molecule has 3 fully saturated rings. The van der Waals surface area contributed by atoms with Gasteiger partial charge in [0.25, 0.3) is 40.1 Å². The number of benzene rings is 8. The first-order valence-electron chi connectivity index (χ1n) is 44.5. The molecule has 0 aliphatic carbocycles. The van der Waals surface area contributed by atoms with Gasteiger partial charge in [0.05, 0.1) is 115 Å². The number of pyridine rings is 1. The average Bonchev–Trinajstić information content (AvgIpc) is 1.50. The van der Waals surface area contributed by atoms with E-state index in [0.29, 0.717) is 94.0 Å². The summed E-state index contributed by atoms with van der Waals surface area (Å²) in [7, 11) is -14.8. The summed E-state index contributed by atoms with van der Waals surface area (Å²) in [5, 5.41) is 21.4. The van der Waals surface area contributed by atoms with Crippen molar-refractivity contribution in [2.24, 2.45) is 35.5 Å². The largest absolute Gasteiger partial charge is 0.381 e. The van der Waals surface area contributed by atoms with Crippen molar-refractivity contribution in [2.45, 2.75) is 186 Å². The number of sulfonamides is 4. The number of anilines is 4. The minimum Gasteiger partial charge on any atom is -0.381 e. The van der Waals surface area contributed by atoms with Gasteiger partial charge in [0, 0.05) is 106 Å². The van der Waals surface area contributed by atoms with Gasteiger partial charge in [0.1, 0.15) is 0 Å². The van der Waals surface area contributed by atoms with Gasteiger partial charge < -0.3 is 14.2 Å². The third-order valence-corrected chi connectivity index (χ3v) is 30.5. The van der Waals surface area contributed by atoms with Crippen molar-refractivity contribution in [1.82, 2.24) is 44.1 Å². The molecule has 0 saturated carbocycles. The zero-order valence-electron chi connectivity index (χ0n) is 74.8. The molecule has 3 aliphatic heterocycles. The van der Waals surface area contributed by atoms with Crippen LogP contribution in [0.5, 0.6) is 0 Å². The van der Waals surface area contributed by atoms with E-state index in [1.165, 1.54) is 35.2 Å². The molecule has 0 unspecified atom stereocenters. The highest BCUT2D eigenvalue weighted by Crippen LogP contribution is 2.36. The second kappa shape index (κ2) is 42.1. The molecule has 24 nitrogen and oxygen atoms in total. The van der Waals surface area contributed by atoms with Crippen molar-refractivity contribution >= 4 is 106 Å². The number of ether oxygens (including phenoxy) is 3. The van der Waals surface area contributed by atoms with Crippen molar-refractivity contribution in [2.75, 3.05) is 83.0 Å². The highest BCUT2D eigenvalue weighted by Gasteiger charge is 2.33. The van der Waals surface area contributed by atoms with E-state index < -0.39 is 40.1 Å². The Morgan fingerprint density at radius 2 is 0.675 bits per heavy atom. The standard InChI is InChI=1S/C26H35N3O3S.C25H28N4O2S.C24H31N3O3S.C23H29N3O3S/c1-4-21-5-7-24(8-6-21)29(14-11-20(2)3)33(30,31)25-9-10-26-23(17-25)18-27-28(26)19-22-12-15-32-16-13-22;1-4-20-5-7-23(8-6-20)29(17-19(2)3)32(30,31)24-9-10-25-22(15-24)16-27-28(25)18-21-11-13-26-14-12-21;1-4-19-5-7-21(8-6-19)26(17-18(2)3)31(28,29)23-9-10-24-20(15-23)16-25-27(24)22-11-13-30-14-12-22;1-4-18-5-7-21(8-6-18)26(13-17(2)3)30(27,28)22-9-10-23-20(11-22)12-24-25(23)14-19-15-29-16-19/h5-10,17-18,20,22H,4,11-16,19H2,1-3H3;5-16,19H,4,17-18H2,1-3H3;5-10,15-16,18,22H,4,11-14,17H2,1-3H3;5-12,17,19H,4,13-16H2,1-3H3. The summed E-state index contributed by atoms with van der Waals surface area (Å²) in [6, 6.07) is 56.7. The Hall–Kier alpha value is -10.3. The van der Waals surface area contributed by atoms with Crippen LogP contribution in [-0.4, -0.2) is 144 Å². The van der Waals surface area contributed by atoms with E-state index in [-0.39, 0.29) is 22.6 Å². The maximum absolute atomic E-state index is 13.8. The van der Waals surface area contributed by atoms with Crippen LogP contribution in [0.15, 0.2) is 239 Å². The molecule has 0 N–H and O–H groups in total. The number of aromatic nitrogens is 9. The summed E-state index contributed by atoms with van der Waals surface area (Å²) < 4.78 is 139. The first-order chi connectivity index (χ1) is 60.5. The topological polar surface area (TPSA) is 261 Å². The van der Waals surface area contributed by atoms with E-state index in [2.05, 4.69) is 66.9 Å². The third kappa shape index (κ3) is 22.6. The summed E-state index contributed by atoms with van der Waals surface area (Å²) >= 11 is 0. The number of rotatable bonds is 32. The Balaban J connectivity index is 0.000000144. The second-order valence-corrected chi connectivity index (χ2v) is 42.2. The van der Waals surface area contributed by atoms with Crippen LogP contribution in [0.3, 0.4) is 0 Å². The van der Waals surface area contributed by atoms with Crippen LogP contribution in [0.2, 0.25) is 0 Å². The van der Waals surface area contributed by atoms with Crippen LogP contribution < -0.4 is 17.2 Å². The molecule has 0 amide bonds. The average molecular weight is 1790 g/mol. The van der Waals surface area contributed by atoms with E-state index in [0.717, 1.165) is 160 Å². The van der Waals surface area contributed by atoms with Gasteiger partial charge in [-0.2, -0.15) is 20.4 Å². The highest BCUT2D eigenvalue weighted by molar-refractivity contribution is 7.93. The van der Waals surface area contributed by atoms with Crippen LogP contribution in [-0.2, 0) is 99.6 Å². The molecule has 0 radical (unpaired) electrons. The summed E-state index contributed by atoms with van der Waals surface area (Å²) in [5.74, 6) is 2.00.